The Morgan fingerprint density at radius 1 is 1.67 bits per heavy atom. The van der Waals surface area contributed by atoms with Gasteiger partial charge in [0.15, 0.2) is 11.6 Å². The minimum atomic E-state index is -0.801. The van der Waals surface area contributed by atoms with Crippen LogP contribution >= 0.6 is 0 Å². The van der Waals surface area contributed by atoms with Gasteiger partial charge < -0.3 is 10.4 Å². The van der Waals surface area contributed by atoms with Crippen molar-refractivity contribution in [2.45, 2.75) is 13.8 Å². The van der Waals surface area contributed by atoms with Gasteiger partial charge in [0.25, 0.3) is 5.91 Å². The molecule has 0 bridgehead atoms. The number of aromatic nitrogens is 2. The number of anilines is 1. The third kappa shape index (κ3) is 2.73. The highest BCUT2D eigenvalue weighted by atomic mass is 19.1. The second-order valence-corrected chi connectivity index (χ2v) is 2.79. The monoisotopic (exact) mass is 211 g/mol. The number of amides is 1. The van der Waals surface area contributed by atoms with Gasteiger partial charge in [-0.1, -0.05) is 6.08 Å². The number of hydrogen-bond acceptors (Lipinski definition) is 4. The molecule has 1 aromatic rings. The van der Waals surface area contributed by atoms with Gasteiger partial charge in [-0.15, -0.1) is 0 Å². The Kier molecular flexibility index (Phi) is 3.33. The third-order valence-electron chi connectivity index (χ3n) is 1.75. The summed E-state index contributed by atoms with van der Waals surface area (Å²) < 4.78 is 13.0. The average molecular weight is 211 g/mol. The molecule has 0 spiro atoms. The minimum absolute atomic E-state index is 0.339. The van der Waals surface area contributed by atoms with Gasteiger partial charge in [0.2, 0.25) is 0 Å². The lowest BCUT2D eigenvalue weighted by atomic mass is 10.3. The normalized spacial score (nSPS) is 11.3. The van der Waals surface area contributed by atoms with Crippen molar-refractivity contribution in [2.75, 3.05) is 5.32 Å². The molecule has 0 radical (unpaired) electrons. The van der Waals surface area contributed by atoms with E-state index in [2.05, 4.69) is 15.3 Å². The molecule has 0 atom stereocenters. The summed E-state index contributed by atoms with van der Waals surface area (Å²) in [5, 5.41) is 11.1. The third-order valence-corrected chi connectivity index (χ3v) is 1.75. The number of halogens is 1. The Morgan fingerprint density at radius 3 is 2.93 bits per heavy atom. The Bertz CT molecular complexity index is 418. The molecule has 0 aliphatic carbocycles. The number of carbonyl (C=O) groups excluding carboxylic acids is 1. The van der Waals surface area contributed by atoms with Gasteiger partial charge in [-0.2, -0.15) is 4.98 Å². The van der Waals surface area contributed by atoms with Crippen molar-refractivity contribution in [1.82, 2.24) is 9.97 Å². The van der Waals surface area contributed by atoms with E-state index in [1.807, 2.05) is 0 Å². The zero-order chi connectivity index (χ0) is 11.4. The SMILES string of the molecule is C/C=C(\C)C(=O)Nc1nc(O)ncc1F. The molecule has 6 heteroatoms. The molecule has 0 saturated carbocycles. The minimum Gasteiger partial charge on any atom is -0.479 e. The van der Waals surface area contributed by atoms with Crippen LogP contribution in [0.4, 0.5) is 10.2 Å². The maximum Gasteiger partial charge on any atom is 0.316 e. The van der Waals surface area contributed by atoms with Crippen molar-refractivity contribution >= 4 is 11.7 Å². The van der Waals surface area contributed by atoms with Gasteiger partial charge in [0, 0.05) is 5.57 Å². The molecule has 1 aromatic heterocycles. The van der Waals surface area contributed by atoms with Crippen molar-refractivity contribution < 1.29 is 14.3 Å². The summed E-state index contributed by atoms with van der Waals surface area (Å²) in [6.45, 7) is 3.26. The number of rotatable bonds is 2. The van der Waals surface area contributed by atoms with Crippen LogP contribution in [0.1, 0.15) is 13.8 Å². The quantitative estimate of drug-likeness (QED) is 0.721. The molecule has 0 fully saturated rings. The molecule has 0 aliphatic heterocycles. The highest BCUT2D eigenvalue weighted by Crippen LogP contribution is 2.12. The predicted octanol–water partition coefficient (Wildman–Crippen LogP) is 1.23. The first-order valence-electron chi connectivity index (χ1n) is 4.20. The lowest BCUT2D eigenvalue weighted by Crippen LogP contribution is -2.15. The van der Waals surface area contributed by atoms with E-state index in [1.165, 1.54) is 0 Å². The molecule has 15 heavy (non-hydrogen) atoms. The second kappa shape index (κ2) is 4.50. The summed E-state index contributed by atoms with van der Waals surface area (Å²) in [5.74, 6) is -1.62. The van der Waals surface area contributed by atoms with Crippen molar-refractivity contribution in [3.8, 4) is 6.01 Å². The van der Waals surface area contributed by atoms with Crippen LogP contribution in [0.15, 0.2) is 17.8 Å². The topological polar surface area (TPSA) is 75.1 Å². The molecule has 0 aliphatic rings. The Balaban J connectivity index is 2.90. The molecule has 80 valence electrons. The van der Waals surface area contributed by atoms with E-state index < -0.39 is 17.7 Å². The summed E-state index contributed by atoms with van der Waals surface area (Å²) >= 11 is 0. The molecule has 0 saturated heterocycles. The maximum atomic E-state index is 13.0. The highest BCUT2D eigenvalue weighted by molar-refractivity contribution is 6.02. The smallest absolute Gasteiger partial charge is 0.316 e. The number of hydrogen-bond donors (Lipinski definition) is 2. The fourth-order valence-electron chi connectivity index (χ4n) is 0.783. The maximum absolute atomic E-state index is 13.0. The zero-order valence-corrected chi connectivity index (χ0v) is 8.28. The lowest BCUT2D eigenvalue weighted by molar-refractivity contribution is -0.112. The summed E-state index contributed by atoms with van der Waals surface area (Å²) in [5.41, 5.74) is 0.424. The standard InChI is InChI=1S/C9H10FN3O2/c1-3-5(2)8(14)12-7-6(10)4-11-9(15)13-7/h3-4H,1-2H3,(H2,11,12,13,14,15)/b5-3+. The van der Waals surface area contributed by atoms with Crippen molar-refractivity contribution in [1.29, 1.82) is 0 Å². The van der Waals surface area contributed by atoms with Gasteiger partial charge in [-0.05, 0) is 13.8 Å². The number of carbonyl (C=O) groups is 1. The molecule has 5 nitrogen and oxygen atoms in total. The fraction of sp³-hybridized carbons (Fsp3) is 0.222. The van der Waals surface area contributed by atoms with Gasteiger partial charge in [-0.25, -0.2) is 9.37 Å². The van der Waals surface area contributed by atoms with Gasteiger partial charge in [-0.3, -0.25) is 4.79 Å². The molecule has 2 N–H and O–H groups in total. The van der Waals surface area contributed by atoms with Crippen LogP contribution in [-0.2, 0) is 4.79 Å². The number of allylic oxidation sites excluding steroid dienone is 1. The summed E-state index contributed by atoms with van der Waals surface area (Å²) in [7, 11) is 0. The van der Waals surface area contributed by atoms with Crippen LogP contribution in [0, 0.1) is 5.82 Å². The summed E-state index contributed by atoms with van der Waals surface area (Å²) in [6.07, 6.45) is 2.36. The number of nitrogens with zero attached hydrogens (tertiary/aromatic N) is 2. The number of nitrogens with one attached hydrogen (secondary N) is 1. The summed E-state index contributed by atoms with van der Waals surface area (Å²) in [6, 6.07) is -0.593. The predicted molar refractivity (Wildman–Crippen MR) is 51.7 cm³/mol. The van der Waals surface area contributed by atoms with E-state index >= 15 is 0 Å². The largest absolute Gasteiger partial charge is 0.479 e. The van der Waals surface area contributed by atoms with Gasteiger partial charge in [0.1, 0.15) is 0 Å². The second-order valence-electron chi connectivity index (χ2n) is 2.79. The van der Waals surface area contributed by atoms with Crippen LogP contribution in [0.3, 0.4) is 0 Å². The lowest BCUT2D eigenvalue weighted by Gasteiger charge is -2.04. The van der Waals surface area contributed by atoms with Crippen LogP contribution in [-0.4, -0.2) is 21.0 Å². The van der Waals surface area contributed by atoms with E-state index in [1.54, 1.807) is 19.9 Å². The van der Waals surface area contributed by atoms with Gasteiger partial charge in [0.05, 0.1) is 6.20 Å². The van der Waals surface area contributed by atoms with Gasteiger partial charge >= 0.3 is 6.01 Å². The van der Waals surface area contributed by atoms with Crippen molar-refractivity contribution in [3.05, 3.63) is 23.7 Å². The fourth-order valence-corrected chi connectivity index (χ4v) is 0.783. The van der Waals surface area contributed by atoms with E-state index in [0.717, 1.165) is 6.20 Å². The van der Waals surface area contributed by atoms with E-state index in [9.17, 15) is 9.18 Å². The van der Waals surface area contributed by atoms with E-state index in [-0.39, 0.29) is 5.82 Å². The zero-order valence-electron chi connectivity index (χ0n) is 8.28. The van der Waals surface area contributed by atoms with Crippen LogP contribution in [0.2, 0.25) is 0 Å². The summed E-state index contributed by atoms with van der Waals surface area (Å²) in [4.78, 5) is 17.9. The first-order valence-corrected chi connectivity index (χ1v) is 4.20. The number of aromatic hydroxyl groups is 1. The average Bonchev–Trinajstić information content (AvgIpc) is 2.22. The molecule has 0 unspecified atom stereocenters. The van der Waals surface area contributed by atoms with Crippen LogP contribution in [0.5, 0.6) is 6.01 Å². The van der Waals surface area contributed by atoms with Crippen molar-refractivity contribution in [3.63, 3.8) is 0 Å². The Morgan fingerprint density at radius 2 is 2.33 bits per heavy atom. The molecular formula is C9H10FN3O2. The highest BCUT2D eigenvalue weighted by Gasteiger charge is 2.10. The van der Waals surface area contributed by atoms with Crippen molar-refractivity contribution in [2.24, 2.45) is 0 Å². The van der Waals surface area contributed by atoms with Crippen LogP contribution < -0.4 is 5.32 Å². The van der Waals surface area contributed by atoms with Crippen LogP contribution in [0.25, 0.3) is 0 Å². The van der Waals surface area contributed by atoms with E-state index in [4.69, 9.17) is 5.11 Å². The molecule has 1 amide bonds. The Hall–Kier alpha value is -1.98. The molecule has 1 heterocycles. The Labute approximate surface area is 85.7 Å². The first kappa shape index (κ1) is 11.1. The molecule has 0 aromatic carbocycles. The molecular weight excluding hydrogens is 201 g/mol. The first-order chi connectivity index (χ1) is 7.04. The molecule has 1 rings (SSSR count). The van der Waals surface area contributed by atoms with E-state index in [0.29, 0.717) is 5.57 Å².